The van der Waals surface area contributed by atoms with Gasteiger partial charge in [-0.3, -0.25) is 4.79 Å². The van der Waals surface area contributed by atoms with Crippen LogP contribution in [0.15, 0.2) is 0 Å². The van der Waals surface area contributed by atoms with Crippen molar-refractivity contribution in [3.05, 3.63) is 0 Å². The Kier molecular flexibility index (Phi) is 3.92. The molecule has 0 spiro atoms. The average Bonchev–Trinajstić information content (AvgIpc) is 2.05. The third kappa shape index (κ3) is 3.07. The quantitative estimate of drug-likeness (QED) is 0.682. The van der Waals surface area contributed by atoms with Crippen LogP contribution in [0.4, 0.5) is 0 Å². The second-order valence-electron chi connectivity index (χ2n) is 8.42. The Morgan fingerprint density at radius 1 is 0.944 bits per heavy atom. The van der Waals surface area contributed by atoms with Crippen LogP contribution in [0.5, 0.6) is 0 Å². The van der Waals surface area contributed by atoms with Crippen LogP contribution in [0.25, 0.3) is 0 Å². The SMILES string of the molecule is CC(C)(C)C(=O)OC1CC(C(C)(C)C(C)(C)C)C1. The second-order valence-corrected chi connectivity index (χ2v) is 8.42. The summed E-state index contributed by atoms with van der Waals surface area (Å²) in [5, 5.41) is 0. The van der Waals surface area contributed by atoms with Crippen molar-refractivity contribution < 1.29 is 9.53 Å². The first kappa shape index (κ1) is 15.5. The minimum atomic E-state index is -0.384. The molecule has 1 saturated carbocycles. The summed E-state index contributed by atoms with van der Waals surface area (Å²) in [6.45, 7) is 17.3. The number of hydrogen-bond donors (Lipinski definition) is 0. The highest BCUT2D eigenvalue weighted by Gasteiger charge is 2.47. The molecular formula is C16H30O2. The molecule has 2 nitrogen and oxygen atoms in total. The van der Waals surface area contributed by atoms with Crippen molar-refractivity contribution >= 4 is 5.97 Å². The van der Waals surface area contributed by atoms with E-state index in [1.54, 1.807) is 0 Å². The monoisotopic (exact) mass is 254 g/mol. The molecule has 1 aliphatic rings. The van der Waals surface area contributed by atoms with Crippen LogP contribution in [0, 0.1) is 22.2 Å². The van der Waals surface area contributed by atoms with E-state index >= 15 is 0 Å². The van der Waals surface area contributed by atoms with Crippen LogP contribution in [0.3, 0.4) is 0 Å². The molecule has 1 fully saturated rings. The van der Waals surface area contributed by atoms with Gasteiger partial charge in [-0.15, -0.1) is 0 Å². The maximum atomic E-state index is 11.8. The lowest BCUT2D eigenvalue weighted by atomic mass is 9.55. The van der Waals surface area contributed by atoms with Crippen LogP contribution in [0.2, 0.25) is 0 Å². The Hall–Kier alpha value is -0.530. The van der Waals surface area contributed by atoms with Gasteiger partial charge in [-0.05, 0) is 50.4 Å². The van der Waals surface area contributed by atoms with Crippen LogP contribution in [-0.2, 0) is 9.53 Å². The Bertz CT molecular complexity index is 309. The van der Waals surface area contributed by atoms with Crippen LogP contribution >= 0.6 is 0 Å². The van der Waals surface area contributed by atoms with Crippen LogP contribution in [-0.4, -0.2) is 12.1 Å². The second kappa shape index (κ2) is 4.54. The number of hydrogen-bond acceptors (Lipinski definition) is 2. The fraction of sp³-hybridized carbons (Fsp3) is 0.938. The first-order valence-electron chi connectivity index (χ1n) is 7.07. The lowest BCUT2D eigenvalue weighted by molar-refractivity contribution is -0.170. The molecule has 0 aromatic rings. The largest absolute Gasteiger partial charge is 0.462 e. The lowest BCUT2D eigenvalue weighted by Gasteiger charge is -2.51. The normalized spacial score (nSPS) is 25.6. The van der Waals surface area contributed by atoms with Gasteiger partial charge < -0.3 is 4.74 Å². The van der Waals surface area contributed by atoms with Crippen molar-refractivity contribution in [3.8, 4) is 0 Å². The van der Waals surface area contributed by atoms with E-state index in [2.05, 4.69) is 34.6 Å². The predicted octanol–water partition coefficient (Wildman–Crippen LogP) is 4.43. The number of ether oxygens (including phenoxy) is 1. The molecule has 2 heteroatoms. The molecule has 0 aromatic heterocycles. The van der Waals surface area contributed by atoms with E-state index in [1.807, 2.05) is 20.8 Å². The van der Waals surface area contributed by atoms with Gasteiger partial charge in [-0.25, -0.2) is 0 Å². The Morgan fingerprint density at radius 3 is 1.72 bits per heavy atom. The lowest BCUT2D eigenvalue weighted by Crippen LogP contribution is -2.47. The Balaban J connectivity index is 2.49. The standard InChI is InChI=1S/C16H30O2/c1-14(2,3)13(17)18-12-9-11(10-12)16(7,8)15(4,5)6/h11-12H,9-10H2,1-8H3. The fourth-order valence-electron chi connectivity index (χ4n) is 2.19. The first-order chi connectivity index (χ1) is 7.85. The van der Waals surface area contributed by atoms with Crippen LogP contribution < -0.4 is 0 Å². The van der Waals surface area contributed by atoms with Gasteiger partial charge in [0, 0.05) is 0 Å². The van der Waals surface area contributed by atoms with Crippen molar-refractivity contribution in [1.29, 1.82) is 0 Å². The summed E-state index contributed by atoms with van der Waals surface area (Å²) in [6.07, 6.45) is 2.18. The maximum Gasteiger partial charge on any atom is 0.311 e. The highest BCUT2D eigenvalue weighted by atomic mass is 16.5. The van der Waals surface area contributed by atoms with Crippen molar-refractivity contribution in [2.45, 2.75) is 74.3 Å². The predicted molar refractivity (Wildman–Crippen MR) is 75.3 cm³/mol. The van der Waals surface area contributed by atoms with Crippen molar-refractivity contribution in [1.82, 2.24) is 0 Å². The highest BCUT2D eigenvalue weighted by molar-refractivity contribution is 5.75. The number of carbonyl (C=O) groups is 1. The van der Waals surface area contributed by atoms with E-state index < -0.39 is 0 Å². The number of esters is 1. The van der Waals surface area contributed by atoms with Gasteiger partial charge >= 0.3 is 5.97 Å². The smallest absolute Gasteiger partial charge is 0.311 e. The maximum absolute atomic E-state index is 11.8. The summed E-state index contributed by atoms with van der Waals surface area (Å²) in [4.78, 5) is 11.8. The van der Waals surface area contributed by atoms with E-state index in [0.29, 0.717) is 5.92 Å². The molecule has 0 aliphatic heterocycles. The molecule has 106 valence electrons. The van der Waals surface area contributed by atoms with Crippen molar-refractivity contribution in [2.75, 3.05) is 0 Å². The van der Waals surface area contributed by atoms with Crippen LogP contribution in [0.1, 0.15) is 68.2 Å². The zero-order valence-electron chi connectivity index (χ0n) is 13.4. The van der Waals surface area contributed by atoms with Gasteiger partial charge in [-0.2, -0.15) is 0 Å². The molecule has 0 aromatic carbocycles. The average molecular weight is 254 g/mol. The zero-order chi connectivity index (χ0) is 14.4. The molecule has 0 amide bonds. The first-order valence-corrected chi connectivity index (χ1v) is 7.07. The van der Waals surface area contributed by atoms with Crippen molar-refractivity contribution in [2.24, 2.45) is 22.2 Å². The van der Waals surface area contributed by atoms with Gasteiger partial charge in [0.15, 0.2) is 0 Å². The van der Waals surface area contributed by atoms with Gasteiger partial charge in [0.2, 0.25) is 0 Å². The summed E-state index contributed by atoms with van der Waals surface area (Å²) in [6, 6.07) is 0. The summed E-state index contributed by atoms with van der Waals surface area (Å²) in [5.41, 5.74) is 0.193. The summed E-state index contributed by atoms with van der Waals surface area (Å²) >= 11 is 0. The van der Waals surface area contributed by atoms with E-state index in [4.69, 9.17) is 4.74 Å². The zero-order valence-corrected chi connectivity index (χ0v) is 13.4. The molecule has 1 aliphatic carbocycles. The fourth-order valence-corrected chi connectivity index (χ4v) is 2.19. The van der Waals surface area contributed by atoms with E-state index in [-0.39, 0.29) is 28.3 Å². The van der Waals surface area contributed by atoms with Gasteiger partial charge in [0.05, 0.1) is 5.41 Å². The molecule has 0 N–H and O–H groups in total. The van der Waals surface area contributed by atoms with Gasteiger partial charge in [0.25, 0.3) is 0 Å². The summed E-state index contributed by atoms with van der Waals surface area (Å²) in [5.74, 6) is 0.592. The van der Waals surface area contributed by atoms with Gasteiger partial charge in [0.1, 0.15) is 6.10 Å². The topological polar surface area (TPSA) is 26.3 Å². The molecule has 0 saturated heterocycles. The Morgan fingerprint density at radius 2 is 1.39 bits per heavy atom. The summed E-state index contributed by atoms with van der Waals surface area (Å²) in [7, 11) is 0. The molecular weight excluding hydrogens is 224 g/mol. The minimum absolute atomic E-state index is 0.0699. The van der Waals surface area contributed by atoms with E-state index in [1.165, 1.54) is 0 Å². The third-order valence-electron chi connectivity index (χ3n) is 4.93. The summed E-state index contributed by atoms with van der Waals surface area (Å²) < 4.78 is 5.55. The third-order valence-corrected chi connectivity index (χ3v) is 4.93. The molecule has 0 atom stereocenters. The highest BCUT2D eigenvalue weighted by Crippen LogP contribution is 2.52. The van der Waals surface area contributed by atoms with E-state index in [9.17, 15) is 4.79 Å². The molecule has 1 rings (SSSR count). The Labute approximate surface area is 112 Å². The molecule has 0 bridgehead atoms. The molecule has 18 heavy (non-hydrogen) atoms. The van der Waals surface area contributed by atoms with Crippen molar-refractivity contribution in [3.63, 3.8) is 0 Å². The number of carbonyl (C=O) groups excluding carboxylic acids is 1. The molecule has 0 unspecified atom stereocenters. The number of rotatable bonds is 2. The van der Waals surface area contributed by atoms with Gasteiger partial charge in [-0.1, -0.05) is 34.6 Å². The minimum Gasteiger partial charge on any atom is -0.462 e. The van der Waals surface area contributed by atoms with E-state index in [0.717, 1.165) is 12.8 Å². The molecule has 0 radical (unpaired) electrons. The molecule has 0 heterocycles.